The van der Waals surface area contributed by atoms with E-state index in [4.69, 9.17) is 4.74 Å². The van der Waals surface area contributed by atoms with Crippen LogP contribution >= 0.6 is 0 Å². The number of rotatable bonds is 5. The van der Waals surface area contributed by atoms with E-state index >= 15 is 0 Å². The topological polar surface area (TPSA) is 32.8 Å². The van der Waals surface area contributed by atoms with Crippen LogP contribution in [0.3, 0.4) is 0 Å². The lowest BCUT2D eigenvalue weighted by molar-refractivity contribution is 0.167. The van der Waals surface area contributed by atoms with Gasteiger partial charge in [-0.1, -0.05) is 25.1 Å². The second-order valence-electron chi connectivity index (χ2n) is 5.70. The molecule has 1 fully saturated rings. The molecule has 21 heavy (non-hydrogen) atoms. The van der Waals surface area contributed by atoms with Gasteiger partial charge in [-0.3, -0.25) is 4.90 Å². The van der Waals surface area contributed by atoms with Crippen molar-refractivity contribution in [2.75, 3.05) is 38.2 Å². The second kappa shape index (κ2) is 8.03. The van der Waals surface area contributed by atoms with Gasteiger partial charge in [-0.05, 0) is 56.9 Å². The number of methoxy groups -OCH3 is 1. The number of para-hydroxylation sites is 1. The first-order valence-electron chi connectivity index (χ1n) is 7.87. The highest BCUT2D eigenvalue weighted by Crippen LogP contribution is 2.22. The molecule has 4 heteroatoms. The standard InChI is InChI=1S/C17H26N2O2/c1-3-11-18-12-9-15(10-13-18)14-19(17(20)21-2)16-7-5-4-6-8-16/h4-8,15H,3,9-14H2,1-2H3. The van der Waals surface area contributed by atoms with Crippen LogP contribution < -0.4 is 4.90 Å². The Morgan fingerprint density at radius 1 is 1.29 bits per heavy atom. The molecule has 1 aliphatic heterocycles. The van der Waals surface area contributed by atoms with Gasteiger partial charge in [0.15, 0.2) is 0 Å². The summed E-state index contributed by atoms with van der Waals surface area (Å²) >= 11 is 0. The third-order valence-corrected chi connectivity index (χ3v) is 4.15. The van der Waals surface area contributed by atoms with Gasteiger partial charge in [0, 0.05) is 12.2 Å². The van der Waals surface area contributed by atoms with Crippen LogP contribution in [0.4, 0.5) is 10.5 Å². The van der Waals surface area contributed by atoms with Crippen LogP contribution in [0.5, 0.6) is 0 Å². The first-order valence-corrected chi connectivity index (χ1v) is 7.87. The monoisotopic (exact) mass is 290 g/mol. The van der Waals surface area contributed by atoms with Gasteiger partial charge in [0.25, 0.3) is 0 Å². The number of likely N-dealkylation sites (tertiary alicyclic amines) is 1. The molecule has 116 valence electrons. The van der Waals surface area contributed by atoms with E-state index in [0.29, 0.717) is 5.92 Å². The fourth-order valence-electron chi connectivity index (χ4n) is 2.97. The molecule has 1 aromatic carbocycles. The van der Waals surface area contributed by atoms with E-state index in [1.54, 1.807) is 4.90 Å². The molecule has 2 rings (SSSR count). The molecule has 0 spiro atoms. The molecule has 1 aromatic rings. The Bertz CT molecular complexity index is 428. The summed E-state index contributed by atoms with van der Waals surface area (Å²) in [5.41, 5.74) is 0.917. The van der Waals surface area contributed by atoms with Gasteiger partial charge >= 0.3 is 6.09 Å². The second-order valence-corrected chi connectivity index (χ2v) is 5.70. The highest BCUT2D eigenvalue weighted by Gasteiger charge is 2.24. The van der Waals surface area contributed by atoms with E-state index < -0.39 is 0 Å². The van der Waals surface area contributed by atoms with Gasteiger partial charge in [0.1, 0.15) is 0 Å². The Labute approximate surface area is 127 Å². The Balaban J connectivity index is 1.96. The van der Waals surface area contributed by atoms with E-state index in [0.717, 1.165) is 38.2 Å². The van der Waals surface area contributed by atoms with E-state index in [2.05, 4.69) is 11.8 Å². The lowest BCUT2D eigenvalue weighted by atomic mass is 9.96. The lowest BCUT2D eigenvalue weighted by Crippen LogP contribution is -2.41. The zero-order valence-electron chi connectivity index (χ0n) is 13.1. The third-order valence-electron chi connectivity index (χ3n) is 4.15. The van der Waals surface area contributed by atoms with Crippen LogP contribution in [0.25, 0.3) is 0 Å². The molecular formula is C17H26N2O2. The van der Waals surface area contributed by atoms with Crippen LogP contribution in [0, 0.1) is 5.92 Å². The van der Waals surface area contributed by atoms with Gasteiger partial charge < -0.3 is 9.64 Å². The van der Waals surface area contributed by atoms with Crippen molar-refractivity contribution in [3.05, 3.63) is 30.3 Å². The number of piperidine rings is 1. The largest absolute Gasteiger partial charge is 0.452 e. The zero-order chi connectivity index (χ0) is 15.1. The minimum atomic E-state index is -0.266. The maximum Gasteiger partial charge on any atom is 0.414 e. The summed E-state index contributed by atoms with van der Waals surface area (Å²) in [6.45, 7) is 6.44. The highest BCUT2D eigenvalue weighted by atomic mass is 16.5. The maximum absolute atomic E-state index is 12.0. The number of amides is 1. The molecule has 1 saturated heterocycles. The first kappa shape index (κ1) is 15.8. The van der Waals surface area contributed by atoms with Crippen molar-refractivity contribution in [3.8, 4) is 0 Å². The molecular weight excluding hydrogens is 264 g/mol. The number of nitrogens with zero attached hydrogens (tertiary/aromatic N) is 2. The summed E-state index contributed by atoms with van der Waals surface area (Å²) < 4.78 is 4.94. The Kier molecular flexibility index (Phi) is 6.05. The van der Waals surface area contributed by atoms with Gasteiger partial charge in [-0.2, -0.15) is 0 Å². The number of hydrogen-bond acceptors (Lipinski definition) is 3. The molecule has 1 heterocycles. The van der Waals surface area contributed by atoms with Crippen LogP contribution in [-0.4, -0.2) is 44.3 Å². The van der Waals surface area contributed by atoms with Crippen molar-refractivity contribution < 1.29 is 9.53 Å². The van der Waals surface area contributed by atoms with Crippen LogP contribution in [0.15, 0.2) is 30.3 Å². The van der Waals surface area contributed by atoms with E-state index in [9.17, 15) is 4.79 Å². The first-order chi connectivity index (χ1) is 10.2. The van der Waals surface area contributed by atoms with Crippen molar-refractivity contribution in [1.82, 2.24) is 4.90 Å². The molecule has 0 N–H and O–H groups in total. The van der Waals surface area contributed by atoms with Crippen molar-refractivity contribution in [2.24, 2.45) is 5.92 Å². The minimum Gasteiger partial charge on any atom is -0.452 e. The van der Waals surface area contributed by atoms with Crippen molar-refractivity contribution >= 4 is 11.8 Å². The summed E-state index contributed by atoms with van der Waals surface area (Å²) in [6, 6.07) is 9.79. The van der Waals surface area contributed by atoms with E-state index in [-0.39, 0.29) is 6.09 Å². The van der Waals surface area contributed by atoms with Crippen LogP contribution in [0.1, 0.15) is 26.2 Å². The van der Waals surface area contributed by atoms with E-state index in [1.807, 2.05) is 30.3 Å². The van der Waals surface area contributed by atoms with Gasteiger partial charge in [-0.15, -0.1) is 0 Å². The number of benzene rings is 1. The SMILES string of the molecule is CCCN1CCC(CN(C(=O)OC)c2ccccc2)CC1. The van der Waals surface area contributed by atoms with Crippen molar-refractivity contribution in [2.45, 2.75) is 26.2 Å². The summed E-state index contributed by atoms with van der Waals surface area (Å²) in [7, 11) is 1.45. The molecule has 1 amide bonds. The fraction of sp³-hybridized carbons (Fsp3) is 0.588. The van der Waals surface area contributed by atoms with Crippen molar-refractivity contribution in [1.29, 1.82) is 0 Å². The van der Waals surface area contributed by atoms with Crippen LogP contribution in [0.2, 0.25) is 0 Å². The molecule has 0 aromatic heterocycles. The summed E-state index contributed by atoms with van der Waals surface area (Å²) in [5, 5.41) is 0. The predicted octanol–water partition coefficient (Wildman–Crippen LogP) is 3.38. The molecule has 0 radical (unpaired) electrons. The molecule has 0 saturated carbocycles. The lowest BCUT2D eigenvalue weighted by Gasteiger charge is -2.34. The quantitative estimate of drug-likeness (QED) is 0.833. The maximum atomic E-state index is 12.0. The highest BCUT2D eigenvalue weighted by molar-refractivity contribution is 5.87. The fourth-order valence-corrected chi connectivity index (χ4v) is 2.97. The number of carbonyl (C=O) groups excluding carboxylic acids is 1. The molecule has 0 bridgehead atoms. The number of ether oxygens (including phenoxy) is 1. The number of anilines is 1. The molecule has 4 nitrogen and oxygen atoms in total. The molecule has 0 atom stereocenters. The normalized spacial score (nSPS) is 16.7. The number of carbonyl (C=O) groups is 1. The smallest absolute Gasteiger partial charge is 0.414 e. The summed E-state index contributed by atoms with van der Waals surface area (Å²) in [5.74, 6) is 0.553. The zero-order valence-corrected chi connectivity index (χ0v) is 13.1. The molecule has 0 aliphatic carbocycles. The Morgan fingerprint density at radius 3 is 2.52 bits per heavy atom. The summed E-state index contributed by atoms with van der Waals surface area (Å²) in [6.07, 6.45) is 3.25. The Hall–Kier alpha value is -1.55. The molecule has 1 aliphatic rings. The Morgan fingerprint density at radius 2 is 1.95 bits per heavy atom. The average molecular weight is 290 g/mol. The number of hydrogen-bond donors (Lipinski definition) is 0. The van der Waals surface area contributed by atoms with E-state index in [1.165, 1.54) is 20.1 Å². The average Bonchev–Trinajstić information content (AvgIpc) is 2.54. The third kappa shape index (κ3) is 4.46. The summed E-state index contributed by atoms with van der Waals surface area (Å²) in [4.78, 5) is 16.3. The molecule has 0 unspecified atom stereocenters. The van der Waals surface area contributed by atoms with Gasteiger partial charge in [0.2, 0.25) is 0 Å². The van der Waals surface area contributed by atoms with Gasteiger partial charge in [-0.25, -0.2) is 4.79 Å². The van der Waals surface area contributed by atoms with Crippen molar-refractivity contribution in [3.63, 3.8) is 0 Å². The minimum absolute atomic E-state index is 0.266. The van der Waals surface area contributed by atoms with Gasteiger partial charge in [0.05, 0.1) is 7.11 Å². The predicted molar refractivity (Wildman–Crippen MR) is 85.6 cm³/mol. The van der Waals surface area contributed by atoms with Crippen LogP contribution in [-0.2, 0) is 4.74 Å².